The molecule has 0 spiro atoms. The van der Waals surface area contributed by atoms with Crippen LogP contribution in [0.5, 0.6) is 5.75 Å². The summed E-state index contributed by atoms with van der Waals surface area (Å²) in [4.78, 5) is 0. The van der Waals surface area contributed by atoms with Gasteiger partial charge in [0.15, 0.2) is 5.75 Å². The minimum Gasteiger partial charge on any atom is -0.487 e. The highest BCUT2D eigenvalue weighted by atomic mass is 16.5. The minimum atomic E-state index is 0.445. The molecular formula is C8H13N3O. The first kappa shape index (κ1) is 7.61. The maximum absolute atomic E-state index is 5.53. The molecule has 4 heteroatoms. The highest BCUT2D eigenvalue weighted by Gasteiger charge is 2.23. The van der Waals surface area contributed by atoms with Crippen molar-refractivity contribution in [3.8, 4) is 5.75 Å². The zero-order chi connectivity index (χ0) is 8.39. The van der Waals surface area contributed by atoms with Gasteiger partial charge in [0, 0.05) is 6.54 Å². The van der Waals surface area contributed by atoms with Gasteiger partial charge in [-0.1, -0.05) is 0 Å². The zero-order valence-electron chi connectivity index (χ0n) is 6.94. The SMILES string of the molecule is NCCn1cc(OC2CC2)cn1. The molecule has 2 rings (SSSR count). The molecule has 1 aliphatic rings. The molecule has 0 saturated heterocycles. The summed E-state index contributed by atoms with van der Waals surface area (Å²) in [5.74, 6) is 0.867. The van der Waals surface area contributed by atoms with Crippen LogP contribution in [0.25, 0.3) is 0 Å². The summed E-state index contributed by atoms with van der Waals surface area (Å²) in [6.45, 7) is 1.37. The third-order valence-electron chi connectivity index (χ3n) is 1.79. The lowest BCUT2D eigenvalue weighted by atomic mass is 10.6. The van der Waals surface area contributed by atoms with Crippen molar-refractivity contribution in [3.05, 3.63) is 12.4 Å². The number of rotatable bonds is 4. The van der Waals surface area contributed by atoms with Crippen molar-refractivity contribution in [1.29, 1.82) is 0 Å². The average Bonchev–Trinajstić information content (AvgIpc) is 2.74. The van der Waals surface area contributed by atoms with E-state index in [0.717, 1.165) is 12.3 Å². The molecule has 4 nitrogen and oxygen atoms in total. The third-order valence-corrected chi connectivity index (χ3v) is 1.79. The smallest absolute Gasteiger partial charge is 0.157 e. The Bertz CT molecular complexity index is 255. The molecule has 1 aliphatic carbocycles. The van der Waals surface area contributed by atoms with Crippen LogP contribution in [0.2, 0.25) is 0 Å². The van der Waals surface area contributed by atoms with Gasteiger partial charge in [-0.05, 0) is 12.8 Å². The molecule has 2 N–H and O–H groups in total. The Balaban J connectivity index is 1.92. The third kappa shape index (κ3) is 1.76. The van der Waals surface area contributed by atoms with Crippen molar-refractivity contribution in [2.75, 3.05) is 6.54 Å². The van der Waals surface area contributed by atoms with Crippen LogP contribution < -0.4 is 10.5 Å². The largest absolute Gasteiger partial charge is 0.487 e. The Kier molecular flexibility index (Phi) is 1.99. The molecule has 1 saturated carbocycles. The summed E-state index contributed by atoms with van der Waals surface area (Å²) in [7, 11) is 0. The van der Waals surface area contributed by atoms with Crippen LogP contribution in [0, 0.1) is 0 Å². The van der Waals surface area contributed by atoms with Gasteiger partial charge in [0.05, 0.1) is 25.0 Å². The molecule has 1 fully saturated rings. The second kappa shape index (κ2) is 3.15. The van der Waals surface area contributed by atoms with Crippen molar-refractivity contribution in [3.63, 3.8) is 0 Å². The molecule has 0 bridgehead atoms. The van der Waals surface area contributed by atoms with Gasteiger partial charge in [0.2, 0.25) is 0 Å². The van der Waals surface area contributed by atoms with Gasteiger partial charge in [-0.25, -0.2) is 0 Å². The number of nitrogens with two attached hydrogens (primary N) is 1. The molecule has 0 atom stereocenters. The number of ether oxygens (including phenoxy) is 1. The molecule has 66 valence electrons. The normalized spacial score (nSPS) is 16.4. The van der Waals surface area contributed by atoms with E-state index >= 15 is 0 Å². The van der Waals surface area contributed by atoms with Crippen LogP contribution in [-0.4, -0.2) is 22.4 Å². The standard InChI is InChI=1S/C8H13N3O/c9-3-4-11-6-8(5-10-11)12-7-1-2-7/h5-7H,1-4,9H2. The molecule has 0 amide bonds. The van der Waals surface area contributed by atoms with Gasteiger partial charge in [-0.3, -0.25) is 4.68 Å². The highest BCUT2D eigenvalue weighted by Crippen LogP contribution is 2.25. The van der Waals surface area contributed by atoms with Crippen molar-refractivity contribution < 1.29 is 4.74 Å². The van der Waals surface area contributed by atoms with Crippen LogP contribution in [0.4, 0.5) is 0 Å². The van der Waals surface area contributed by atoms with Crippen LogP contribution in [0.15, 0.2) is 12.4 Å². The van der Waals surface area contributed by atoms with E-state index in [1.807, 2.05) is 6.20 Å². The lowest BCUT2D eigenvalue weighted by Crippen LogP contribution is -2.09. The predicted molar refractivity (Wildman–Crippen MR) is 44.9 cm³/mol. The second-order valence-corrected chi connectivity index (χ2v) is 3.04. The monoisotopic (exact) mass is 167 g/mol. The fourth-order valence-corrected chi connectivity index (χ4v) is 1.04. The quantitative estimate of drug-likeness (QED) is 0.705. The summed E-state index contributed by atoms with van der Waals surface area (Å²) in [6, 6.07) is 0. The van der Waals surface area contributed by atoms with Gasteiger partial charge in [-0.2, -0.15) is 5.10 Å². The fraction of sp³-hybridized carbons (Fsp3) is 0.625. The Morgan fingerprint density at radius 1 is 1.67 bits per heavy atom. The Morgan fingerprint density at radius 2 is 2.50 bits per heavy atom. The van der Waals surface area contributed by atoms with E-state index in [4.69, 9.17) is 10.5 Å². The van der Waals surface area contributed by atoms with Crippen molar-refractivity contribution in [1.82, 2.24) is 9.78 Å². The van der Waals surface area contributed by atoms with Crippen molar-refractivity contribution >= 4 is 0 Å². The Labute approximate surface area is 71.3 Å². The first-order valence-corrected chi connectivity index (χ1v) is 4.27. The minimum absolute atomic E-state index is 0.445. The number of nitrogens with zero attached hydrogens (tertiary/aromatic N) is 2. The van der Waals surface area contributed by atoms with E-state index in [1.165, 1.54) is 12.8 Å². The molecule has 1 heterocycles. The summed E-state index contributed by atoms with van der Waals surface area (Å²) in [5, 5.41) is 4.10. The fourth-order valence-electron chi connectivity index (χ4n) is 1.04. The molecule has 0 unspecified atom stereocenters. The molecule has 1 aromatic heterocycles. The second-order valence-electron chi connectivity index (χ2n) is 3.04. The van der Waals surface area contributed by atoms with Gasteiger partial charge in [-0.15, -0.1) is 0 Å². The summed E-state index contributed by atoms with van der Waals surface area (Å²) in [5.41, 5.74) is 5.38. The number of hydrogen-bond donors (Lipinski definition) is 1. The molecule has 12 heavy (non-hydrogen) atoms. The van der Waals surface area contributed by atoms with Gasteiger partial charge >= 0.3 is 0 Å². The van der Waals surface area contributed by atoms with E-state index in [2.05, 4.69) is 5.10 Å². The van der Waals surface area contributed by atoms with Crippen LogP contribution in [-0.2, 0) is 6.54 Å². The predicted octanol–water partition coefficient (Wildman–Crippen LogP) is 0.383. The first-order valence-electron chi connectivity index (χ1n) is 4.27. The molecule has 0 radical (unpaired) electrons. The summed E-state index contributed by atoms with van der Waals surface area (Å²) >= 11 is 0. The maximum atomic E-state index is 5.53. The van der Waals surface area contributed by atoms with Gasteiger partial charge in [0.25, 0.3) is 0 Å². The number of hydrogen-bond acceptors (Lipinski definition) is 3. The number of aromatic nitrogens is 2. The van der Waals surface area contributed by atoms with Crippen LogP contribution >= 0.6 is 0 Å². The van der Waals surface area contributed by atoms with Gasteiger partial charge < -0.3 is 10.5 Å². The Hall–Kier alpha value is -1.03. The maximum Gasteiger partial charge on any atom is 0.157 e. The van der Waals surface area contributed by atoms with E-state index in [9.17, 15) is 0 Å². The topological polar surface area (TPSA) is 53.1 Å². The molecular weight excluding hydrogens is 154 g/mol. The van der Waals surface area contributed by atoms with E-state index in [1.54, 1.807) is 10.9 Å². The molecule has 1 aromatic rings. The molecule has 0 aromatic carbocycles. The average molecular weight is 167 g/mol. The van der Waals surface area contributed by atoms with E-state index in [-0.39, 0.29) is 0 Å². The lowest BCUT2D eigenvalue weighted by molar-refractivity contribution is 0.303. The highest BCUT2D eigenvalue weighted by molar-refractivity contribution is 5.13. The van der Waals surface area contributed by atoms with Crippen molar-refractivity contribution in [2.24, 2.45) is 5.73 Å². The van der Waals surface area contributed by atoms with Crippen LogP contribution in [0.3, 0.4) is 0 Å². The van der Waals surface area contributed by atoms with E-state index in [0.29, 0.717) is 12.6 Å². The lowest BCUT2D eigenvalue weighted by Gasteiger charge is -1.98. The summed E-state index contributed by atoms with van der Waals surface area (Å²) < 4.78 is 7.33. The molecule has 0 aliphatic heterocycles. The van der Waals surface area contributed by atoms with E-state index < -0.39 is 0 Å². The van der Waals surface area contributed by atoms with Crippen LogP contribution in [0.1, 0.15) is 12.8 Å². The Morgan fingerprint density at radius 3 is 3.17 bits per heavy atom. The zero-order valence-corrected chi connectivity index (χ0v) is 6.94. The first-order chi connectivity index (χ1) is 5.88. The van der Waals surface area contributed by atoms with Gasteiger partial charge in [0.1, 0.15) is 0 Å². The van der Waals surface area contributed by atoms with Crippen molar-refractivity contribution in [2.45, 2.75) is 25.5 Å². The summed E-state index contributed by atoms with van der Waals surface area (Å²) in [6.07, 6.45) is 6.45.